The average molecular weight is 343 g/mol. The topological polar surface area (TPSA) is 32.1 Å². The molecule has 1 heterocycles. The number of quaternary nitrogens is 1. The molecule has 1 aromatic rings. The maximum atomic E-state index is 6.09. The Kier molecular flexibility index (Phi) is 7.15. The van der Waals surface area contributed by atoms with Crippen LogP contribution in [0.3, 0.4) is 0 Å². The monoisotopic (exact) mass is 342 g/mol. The third-order valence-corrected chi connectivity index (χ3v) is 4.78. The maximum absolute atomic E-state index is 6.09. The summed E-state index contributed by atoms with van der Waals surface area (Å²) in [4.78, 5) is 1.56. The van der Waals surface area contributed by atoms with E-state index in [0.29, 0.717) is 25.4 Å². The van der Waals surface area contributed by atoms with E-state index in [9.17, 15) is 0 Å². The Bertz CT molecular complexity index is 499. The molecule has 0 aromatic heterocycles. The maximum Gasteiger partial charge on any atom is 0.122 e. The lowest BCUT2D eigenvalue weighted by molar-refractivity contribution is -0.915. The summed E-state index contributed by atoms with van der Waals surface area (Å²) in [6.07, 6.45) is 0.682. The smallest absolute Gasteiger partial charge is 0.122 e. The molecule has 130 valence electrons. The first-order valence-electron chi connectivity index (χ1n) is 8.42. The number of halogens is 1. The van der Waals surface area contributed by atoms with E-state index in [1.807, 2.05) is 26.0 Å². The van der Waals surface area contributed by atoms with E-state index in [1.165, 1.54) is 0 Å². The first-order chi connectivity index (χ1) is 11.0. The Morgan fingerprint density at radius 2 is 1.78 bits per heavy atom. The molecule has 0 saturated carbocycles. The molecule has 0 bridgehead atoms. The molecule has 1 aromatic carbocycles. The standard InChI is InChI=1S/C18H28ClNO3/c1-13-11-20(12-14(2)23-13)7-8-21-9-10-22-18-6-5-17(19)15(3)16(18)4/h5-6,13-14H,7-12H2,1-4H3/p+1/t13-,14-/m0/s1. The van der Waals surface area contributed by atoms with Gasteiger partial charge in [-0.15, -0.1) is 0 Å². The summed E-state index contributed by atoms with van der Waals surface area (Å²) >= 11 is 6.09. The number of morpholine rings is 1. The SMILES string of the molecule is Cc1c(Cl)ccc(OCCOCC[NH+]2C[C@H](C)O[C@@H](C)C2)c1C. The zero-order chi connectivity index (χ0) is 16.8. The highest BCUT2D eigenvalue weighted by molar-refractivity contribution is 6.31. The predicted octanol–water partition coefficient (Wildman–Crippen LogP) is 2.04. The molecule has 0 unspecified atom stereocenters. The van der Waals surface area contributed by atoms with Crippen molar-refractivity contribution in [2.75, 3.05) is 39.5 Å². The fourth-order valence-corrected chi connectivity index (χ4v) is 3.25. The summed E-state index contributed by atoms with van der Waals surface area (Å²) in [5.41, 5.74) is 2.17. The molecule has 4 nitrogen and oxygen atoms in total. The summed E-state index contributed by atoms with van der Waals surface area (Å²) in [6.45, 7) is 13.4. The minimum Gasteiger partial charge on any atom is -0.491 e. The second-order valence-corrected chi connectivity index (χ2v) is 6.83. The molecule has 1 aliphatic heterocycles. The molecule has 2 atom stereocenters. The molecule has 1 aliphatic rings. The lowest BCUT2D eigenvalue weighted by Gasteiger charge is -2.32. The van der Waals surface area contributed by atoms with Crippen molar-refractivity contribution in [3.8, 4) is 5.75 Å². The molecule has 23 heavy (non-hydrogen) atoms. The van der Waals surface area contributed by atoms with Gasteiger partial charge in [0.15, 0.2) is 0 Å². The Balaban J connectivity index is 1.62. The number of hydrogen-bond donors (Lipinski definition) is 1. The van der Waals surface area contributed by atoms with Gasteiger partial charge in [0, 0.05) is 5.02 Å². The number of nitrogens with one attached hydrogen (secondary N) is 1. The fourth-order valence-electron chi connectivity index (χ4n) is 3.04. The van der Waals surface area contributed by atoms with Crippen LogP contribution in [0.4, 0.5) is 0 Å². The van der Waals surface area contributed by atoms with Crippen molar-refractivity contribution in [2.45, 2.75) is 39.9 Å². The number of benzene rings is 1. The molecule has 1 fully saturated rings. The van der Waals surface area contributed by atoms with Gasteiger partial charge in [-0.2, -0.15) is 0 Å². The lowest BCUT2D eigenvalue weighted by atomic mass is 10.1. The molecular formula is C18H29ClNO3+. The van der Waals surface area contributed by atoms with Gasteiger partial charge in [-0.1, -0.05) is 11.6 Å². The Hall–Kier alpha value is -0.810. The highest BCUT2D eigenvalue weighted by atomic mass is 35.5. The van der Waals surface area contributed by atoms with Crippen LogP contribution < -0.4 is 9.64 Å². The Morgan fingerprint density at radius 1 is 1.09 bits per heavy atom. The summed E-state index contributed by atoms with van der Waals surface area (Å²) in [5, 5.41) is 0.781. The van der Waals surface area contributed by atoms with Crippen LogP contribution in [0.5, 0.6) is 5.75 Å². The van der Waals surface area contributed by atoms with Gasteiger partial charge in [0.05, 0.1) is 13.2 Å². The van der Waals surface area contributed by atoms with Crippen molar-refractivity contribution in [3.05, 3.63) is 28.3 Å². The average Bonchev–Trinajstić information content (AvgIpc) is 2.49. The summed E-state index contributed by atoms with van der Waals surface area (Å²) in [6, 6.07) is 3.80. The van der Waals surface area contributed by atoms with Gasteiger partial charge in [0.1, 0.15) is 44.2 Å². The van der Waals surface area contributed by atoms with Crippen LogP contribution in [-0.2, 0) is 9.47 Å². The van der Waals surface area contributed by atoms with Crippen LogP contribution in [0, 0.1) is 13.8 Å². The Labute approximate surface area is 144 Å². The van der Waals surface area contributed by atoms with Gasteiger partial charge >= 0.3 is 0 Å². The van der Waals surface area contributed by atoms with E-state index in [4.69, 9.17) is 25.8 Å². The third-order valence-electron chi connectivity index (χ3n) is 4.37. The van der Waals surface area contributed by atoms with Crippen LogP contribution in [0.1, 0.15) is 25.0 Å². The Morgan fingerprint density at radius 3 is 2.48 bits per heavy atom. The highest BCUT2D eigenvalue weighted by Crippen LogP contribution is 2.27. The molecule has 2 rings (SSSR count). The van der Waals surface area contributed by atoms with E-state index < -0.39 is 0 Å². The molecule has 5 heteroatoms. The number of hydrogen-bond acceptors (Lipinski definition) is 3. The number of rotatable bonds is 7. The van der Waals surface area contributed by atoms with Gasteiger partial charge in [-0.25, -0.2) is 0 Å². The second kappa shape index (κ2) is 8.88. The van der Waals surface area contributed by atoms with Crippen LogP contribution in [0.2, 0.25) is 5.02 Å². The largest absolute Gasteiger partial charge is 0.491 e. The molecule has 1 N–H and O–H groups in total. The molecular weight excluding hydrogens is 314 g/mol. The van der Waals surface area contributed by atoms with Crippen molar-refractivity contribution < 1.29 is 19.1 Å². The minimum absolute atomic E-state index is 0.341. The highest BCUT2D eigenvalue weighted by Gasteiger charge is 2.24. The van der Waals surface area contributed by atoms with E-state index >= 15 is 0 Å². The quantitative estimate of drug-likeness (QED) is 0.770. The van der Waals surface area contributed by atoms with Gasteiger partial charge in [-0.3, -0.25) is 0 Å². The zero-order valence-corrected chi connectivity index (χ0v) is 15.4. The lowest BCUT2D eigenvalue weighted by Crippen LogP contribution is -3.15. The molecule has 1 saturated heterocycles. The zero-order valence-electron chi connectivity index (χ0n) is 14.7. The molecule has 0 radical (unpaired) electrons. The van der Waals surface area contributed by atoms with Crippen molar-refractivity contribution in [1.82, 2.24) is 0 Å². The molecule has 0 amide bonds. The fraction of sp³-hybridized carbons (Fsp3) is 0.667. The van der Waals surface area contributed by atoms with Crippen molar-refractivity contribution in [3.63, 3.8) is 0 Å². The normalized spacial score (nSPS) is 24.7. The van der Waals surface area contributed by atoms with E-state index in [1.54, 1.807) is 4.90 Å². The molecule has 0 spiro atoms. The van der Waals surface area contributed by atoms with Crippen LogP contribution in [0.25, 0.3) is 0 Å². The first-order valence-corrected chi connectivity index (χ1v) is 8.80. The van der Waals surface area contributed by atoms with Gasteiger partial charge in [0.2, 0.25) is 0 Å². The van der Waals surface area contributed by atoms with Gasteiger partial charge < -0.3 is 19.1 Å². The van der Waals surface area contributed by atoms with Crippen molar-refractivity contribution in [1.29, 1.82) is 0 Å². The van der Waals surface area contributed by atoms with Crippen LogP contribution in [-0.4, -0.2) is 51.7 Å². The summed E-state index contributed by atoms with van der Waals surface area (Å²) in [5.74, 6) is 0.886. The van der Waals surface area contributed by atoms with E-state index in [0.717, 1.165) is 48.1 Å². The van der Waals surface area contributed by atoms with Crippen molar-refractivity contribution in [2.24, 2.45) is 0 Å². The van der Waals surface area contributed by atoms with E-state index in [2.05, 4.69) is 13.8 Å². The van der Waals surface area contributed by atoms with Crippen molar-refractivity contribution >= 4 is 11.6 Å². The van der Waals surface area contributed by atoms with Gasteiger partial charge in [-0.05, 0) is 51.0 Å². The van der Waals surface area contributed by atoms with E-state index in [-0.39, 0.29) is 0 Å². The first kappa shape index (κ1) is 18.5. The number of ether oxygens (including phenoxy) is 3. The second-order valence-electron chi connectivity index (χ2n) is 6.42. The van der Waals surface area contributed by atoms with Crippen LogP contribution in [0.15, 0.2) is 12.1 Å². The summed E-state index contributed by atoms with van der Waals surface area (Å²) < 4.78 is 17.2. The predicted molar refractivity (Wildman–Crippen MR) is 92.8 cm³/mol. The third kappa shape index (κ3) is 5.64. The van der Waals surface area contributed by atoms with Crippen LogP contribution >= 0.6 is 11.6 Å². The minimum atomic E-state index is 0.341. The molecule has 0 aliphatic carbocycles. The summed E-state index contributed by atoms with van der Waals surface area (Å²) in [7, 11) is 0. The van der Waals surface area contributed by atoms with Gasteiger partial charge in [0.25, 0.3) is 0 Å².